The number of aryl methyl sites for hydroxylation is 2. The summed E-state index contributed by atoms with van der Waals surface area (Å²) in [5.74, 6) is 3.15. The Morgan fingerprint density at radius 2 is 2.12 bits per heavy atom. The van der Waals surface area contributed by atoms with Crippen LogP contribution in [0, 0.1) is 12.8 Å². The van der Waals surface area contributed by atoms with Crippen molar-refractivity contribution in [1.82, 2.24) is 35.2 Å². The van der Waals surface area contributed by atoms with Crippen LogP contribution >= 0.6 is 0 Å². The molecule has 1 aliphatic carbocycles. The highest BCUT2D eigenvalue weighted by atomic mass is 16.5. The molecular weight excluding hydrogens is 334 g/mol. The van der Waals surface area contributed by atoms with Gasteiger partial charge in [-0.05, 0) is 30.7 Å². The van der Waals surface area contributed by atoms with E-state index in [1.54, 1.807) is 26.6 Å². The molecule has 0 spiro atoms. The van der Waals surface area contributed by atoms with Crippen LogP contribution in [-0.4, -0.2) is 48.9 Å². The number of hydrogen-bond acceptors (Lipinski definition) is 8. The van der Waals surface area contributed by atoms with Gasteiger partial charge >= 0.3 is 0 Å². The minimum absolute atomic E-state index is 0.405. The summed E-state index contributed by atoms with van der Waals surface area (Å²) in [7, 11) is 3.35. The molecule has 134 valence electrons. The van der Waals surface area contributed by atoms with Gasteiger partial charge < -0.3 is 9.47 Å². The average molecular weight is 353 g/mol. The first-order chi connectivity index (χ1) is 12.6. The molecule has 0 amide bonds. The Labute approximate surface area is 150 Å². The minimum atomic E-state index is 0.405. The van der Waals surface area contributed by atoms with Crippen molar-refractivity contribution in [2.45, 2.75) is 19.3 Å². The molecule has 3 aromatic rings. The number of tetrazole rings is 1. The summed E-state index contributed by atoms with van der Waals surface area (Å²) in [6, 6.07) is 3.94. The quantitative estimate of drug-likeness (QED) is 0.658. The van der Waals surface area contributed by atoms with Gasteiger partial charge in [-0.2, -0.15) is 9.78 Å². The molecule has 2 atom stereocenters. The topological polar surface area (TPSA) is 101 Å². The van der Waals surface area contributed by atoms with Crippen LogP contribution in [0.4, 0.5) is 0 Å². The van der Waals surface area contributed by atoms with Gasteiger partial charge in [0, 0.05) is 23.7 Å². The second kappa shape index (κ2) is 6.66. The van der Waals surface area contributed by atoms with E-state index in [0.29, 0.717) is 41.5 Å². The number of methoxy groups -OCH3 is 1. The lowest BCUT2D eigenvalue weighted by atomic mass is 10.2. The van der Waals surface area contributed by atoms with Gasteiger partial charge in [-0.15, -0.1) is 10.2 Å². The molecule has 0 radical (unpaired) electrons. The van der Waals surface area contributed by atoms with Gasteiger partial charge in [0.05, 0.1) is 27.0 Å². The zero-order chi connectivity index (χ0) is 18.1. The van der Waals surface area contributed by atoms with Crippen LogP contribution in [0.2, 0.25) is 0 Å². The molecule has 9 heteroatoms. The zero-order valence-electron chi connectivity index (χ0n) is 14.8. The molecule has 1 saturated carbocycles. The number of hydrogen-bond donors (Lipinski definition) is 0. The Morgan fingerprint density at radius 3 is 2.81 bits per heavy atom. The lowest BCUT2D eigenvalue weighted by Gasteiger charge is -2.08. The Balaban J connectivity index is 1.44. The third-order valence-electron chi connectivity index (χ3n) is 4.36. The third-order valence-corrected chi connectivity index (χ3v) is 4.36. The Morgan fingerprint density at radius 1 is 1.23 bits per heavy atom. The summed E-state index contributed by atoms with van der Waals surface area (Å²) in [5.41, 5.74) is 1.71. The van der Waals surface area contributed by atoms with E-state index in [-0.39, 0.29) is 0 Å². The van der Waals surface area contributed by atoms with Crippen molar-refractivity contribution in [3.63, 3.8) is 0 Å². The van der Waals surface area contributed by atoms with Crippen molar-refractivity contribution in [3.05, 3.63) is 36.0 Å². The molecule has 3 heterocycles. The predicted octanol–water partition coefficient (Wildman–Crippen LogP) is 1.56. The smallest absolute Gasteiger partial charge is 0.228 e. The monoisotopic (exact) mass is 353 g/mol. The van der Waals surface area contributed by atoms with Crippen molar-refractivity contribution in [2.75, 3.05) is 13.7 Å². The van der Waals surface area contributed by atoms with E-state index >= 15 is 0 Å². The number of rotatable bonds is 6. The second-order valence-corrected chi connectivity index (χ2v) is 6.27. The van der Waals surface area contributed by atoms with E-state index in [9.17, 15) is 0 Å². The molecule has 4 rings (SSSR count). The molecular formula is C17H19N7O2. The molecule has 0 bridgehead atoms. The molecule has 1 fully saturated rings. The fourth-order valence-corrected chi connectivity index (χ4v) is 2.82. The fourth-order valence-electron chi connectivity index (χ4n) is 2.82. The average Bonchev–Trinajstić information content (AvgIpc) is 3.31. The molecule has 3 aromatic heterocycles. The maximum absolute atomic E-state index is 5.98. The molecule has 0 N–H and O–H groups in total. The highest BCUT2D eigenvalue weighted by Gasteiger charge is 2.40. The number of pyridine rings is 1. The molecule has 0 aromatic carbocycles. The minimum Gasteiger partial charge on any atom is -0.495 e. The highest BCUT2D eigenvalue weighted by molar-refractivity contribution is 5.59. The molecule has 26 heavy (non-hydrogen) atoms. The van der Waals surface area contributed by atoms with E-state index in [1.807, 2.05) is 19.1 Å². The van der Waals surface area contributed by atoms with Gasteiger partial charge in [-0.3, -0.25) is 4.98 Å². The summed E-state index contributed by atoms with van der Waals surface area (Å²) < 4.78 is 11.1. The maximum Gasteiger partial charge on any atom is 0.228 e. The Hall–Kier alpha value is -3.10. The molecule has 2 unspecified atom stereocenters. The van der Waals surface area contributed by atoms with Crippen LogP contribution in [-0.2, 0) is 7.05 Å². The first kappa shape index (κ1) is 16.4. The Kier molecular flexibility index (Phi) is 4.19. The van der Waals surface area contributed by atoms with Crippen LogP contribution < -0.4 is 9.47 Å². The zero-order valence-corrected chi connectivity index (χ0v) is 14.8. The maximum atomic E-state index is 5.98. The third kappa shape index (κ3) is 3.32. The first-order valence-corrected chi connectivity index (χ1v) is 8.35. The van der Waals surface area contributed by atoms with E-state index in [4.69, 9.17) is 9.47 Å². The van der Waals surface area contributed by atoms with E-state index in [0.717, 1.165) is 17.9 Å². The van der Waals surface area contributed by atoms with Crippen molar-refractivity contribution in [1.29, 1.82) is 0 Å². The van der Waals surface area contributed by atoms with E-state index in [2.05, 4.69) is 30.4 Å². The van der Waals surface area contributed by atoms with Gasteiger partial charge in [0.1, 0.15) is 17.1 Å². The summed E-state index contributed by atoms with van der Waals surface area (Å²) in [4.78, 5) is 14.5. The fraction of sp³-hybridized carbons (Fsp3) is 0.412. The summed E-state index contributed by atoms with van der Waals surface area (Å²) in [6.07, 6.45) is 4.46. The number of nitrogens with zero attached hydrogens (tertiary/aromatic N) is 7. The van der Waals surface area contributed by atoms with Crippen LogP contribution in [0.3, 0.4) is 0 Å². The summed E-state index contributed by atoms with van der Waals surface area (Å²) >= 11 is 0. The first-order valence-electron chi connectivity index (χ1n) is 8.35. The van der Waals surface area contributed by atoms with Crippen LogP contribution in [0.5, 0.6) is 11.6 Å². The lowest BCUT2D eigenvalue weighted by molar-refractivity contribution is 0.285. The predicted molar refractivity (Wildman–Crippen MR) is 91.7 cm³/mol. The van der Waals surface area contributed by atoms with Gasteiger partial charge in [0.2, 0.25) is 11.7 Å². The summed E-state index contributed by atoms with van der Waals surface area (Å²) in [5, 5.41) is 12.1. The van der Waals surface area contributed by atoms with Gasteiger partial charge in [0.25, 0.3) is 0 Å². The standard InChI is InChI=1S/C17H19N7O2/c1-10-18-8-14(16-21-23-24(2)22-16)17(20-10)26-9-11-6-13(11)15-5-4-12(25-3)7-19-15/h4-5,7-8,11,13H,6,9H2,1-3H3. The summed E-state index contributed by atoms with van der Waals surface area (Å²) in [6.45, 7) is 2.38. The normalized spacial score (nSPS) is 18.6. The van der Waals surface area contributed by atoms with E-state index < -0.39 is 0 Å². The largest absolute Gasteiger partial charge is 0.495 e. The molecule has 9 nitrogen and oxygen atoms in total. The van der Waals surface area contributed by atoms with Gasteiger partial charge in [-0.1, -0.05) is 0 Å². The molecule has 1 aliphatic rings. The number of ether oxygens (including phenoxy) is 2. The van der Waals surface area contributed by atoms with Crippen molar-refractivity contribution < 1.29 is 9.47 Å². The molecule has 0 saturated heterocycles. The van der Waals surface area contributed by atoms with Crippen LogP contribution in [0.15, 0.2) is 24.5 Å². The van der Waals surface area contributed by atoms with Gasteiger partial charge in [0.15, 0.2) is 0 Å². The van der Waals surface area contributed by atoms with Crippen LogP contribution in [0.1, 0.15) is 23.9 Å². The highest BCUT2D eigenvalue weighted by Crippen LogP contribution is 2.47. The van der Waals surface area contributed by atoms with Gasteiger partial charge in [-0.25, -0.2) is 4.98 Å². The van der Waals surface area contributed by atoms with E-state index in [1.165, 1.54) is 4.80 Å². The lowest BCUT2D eigenvalue weighted by Crippen LogP contribution is -2.06. The number of aromatic nitrogens is 7. The SMILES string of the molecule is COc1ccc(C2CC2COc2nc(C)ncc2-c2nnn(C)n2)nc1. The van der Waals surface area contributed by atoms with Crippen LogP contribution in [0.25, 0.3) is 11.4 Å². The van der Waals surface area contributed by atoms with Crippen molar-refractivity contribution in [3.8, 4) is 23.0 Å². The van der Waals surface area contributed by atoms with Crippen molar-refractivity contribution >= 4 is 0 Å². The second-order valence-electron chi connectivity index (χ2n) is 6.27. The van der Waals surface area contributed by atoms with Crippen molar-refractivity contribution in [2.24, 2.45) is 13.0 Å². The Bertz CT molecular complexity index is 910. The molecule has 0 aliphatic heterocycles.